The fourth-order valence-electron chi connectivity index (χ4n) is 4.63. The number of amides is 1. The van der Waals surface area contributed by atoms with Gasteiger partial charge in [0, 0.05) is 60.2 Å². The highest BCUT2D eigenvalue weighted by Gasteiger charge is 2.42. The van der Waals surface area contributed by atoms with Crippen molar-refractivity contribution in [3.05, 3.63) is 63.7 Å². The average Bonchev–Trinajstić information content (AvgIpc) is 2.80. The molecule has 1 saturated heterocycles. The Labute approximate surface area is 196 Å². The number of nitrogens with zero attached hydrogens (tertiary/aromatic N) is 1. The van der Waals surface area contributed by atoms with E-state index >= 15 is 0 Å². The third-order valence-corrected chi connectivity index (χ3v) is 6.87. The summed E-state index contributed by atoms with van der Waals surface area (Å²) in [6.07, 6.45) is 6.95. The molecule has 0 aliphatic carbocycles. The highest BCUT2D eigenvalue weighted by molar-refractivity contribution is 5.98. The number of nitrogen functional groups attached to an aromatic ring is 1. The summed E-state index contributed by atoms with van der Waals surface area (Å²) in [5.41, 5.74) is 12.8. The first-order valence-corrected chi connectivity index (χ1v) is 11.8. The molecule has 0 bridgehead atoms. The van der Waals surface area contributed by atoms with Gasteiger partial charge in [0.2, 0.25) is 0 Å². The normalized spacial score (nSPS) is 17.9. The molecule has 4 N–H and O–H groups in total. The Bertz CT molecular complexity index is 1130. The van der Waals surface area contributed by atoms with Crippen LogP contribution >= 0.6 is 0 Å². The summed E-state index contributed by atoms with van der Waals surface area (Å²) in [7, 11) is 0. The lowest BCUT2D eigenvalue weighted by Crippen LogP contribution is -2.58. The lowest BCUT2D eigenvalue weighted by atomic mass is 9.93. The van der Waals surface area contributed by atoms with Gasteiger partial charge in [0.1, 0.15) is 5.75 Å². The van der Waals surface area contributed by atoms with Crippen molar-refractivity contribution in [3.63, 3.8) is 0 Å². The van der Waals surface area contributed by atoms with Crippen molar-refractivity contribution in [1.29, 1.82) is 5.41 Å². The molecule has 174 valence electrons. The first kappa shape index (κ1) is 22.9. The maximum atomic E-state index is 13.2. The predicted octanol–water partition coefficient (Wildman–Crippen LogP) is 4.95. The van der Waals surface area contributed by atoms with E-state index in [1.165, 1.54) is 17.3 Å². The Morgan fingerprint density at radius 1 is 1.15 bits per heavy atom. The second-order valence-electron chi connectivity index (χ2n) is 9.29. The summed E-state index contributed by atoms with van der Waals surface area (Å²) in [5, 5.41) is 11.3. The zero-order valence-electron chi connectivity index (χ0n) is 20.0. The Morgan fingerprint density at radius 3 is 2.52 bits per heavy atom. The number of hydrogen-bond donors (Lipinski definition) is 3. The Morgan fingerprint density at radius 2 is 1.85 bits per heavy atom. The minimum atomic E-state index is -0.512. The van der Waals surface area contributed by atoms with Crippen molar-refractivity contribution < 1.29 is 9.53 Å². The first-order chi connectivity index (χ1) is 15.8. The number of carbonyl (C=O) groups excluding carboxylic acids is 1. The number of unbranched alkanes of at least 4 members (excludes halogenated alkanes) is 1. The molecule has 0 radical (unpaired) electrons. The van der Waals surface area contributed by atoms with E-state index in [0.29, 0.717) is 42.7 Å². The molecule has 6 heteroatoms. The Balaban J connectivity index is 1.56. The minimum absolute atomic E-state index is 0.0273. The molecular formula is C27H34N4O2. The largest absolute Gasteiger partial charge is 0.467 e. The smallest absolute Gasteiger partial charge is 0.253 e. The van der Waals surface area contributed by atoms with Crippen LogP contribution < -0.4 is 15.8 Å². The second-order valence-corrected chi connectivity index (χ2v) is 9.29. The lowest BCUT2D eigenvalue weighted by molar-refractivity contribution is -0.0147. The quantitative estimate of drug-likeness (QED) is 0.458. The van der Waals surface area contributed by atoms with E-state index in [4.69, 9.17) is 15.9 Å². The number of carbonyl (C=O) groups is 1. The van der Waals surface area contributed by atoms with Gasteiger partial charge in [-0.1, -0.05) is 19.4 Å². The second kappa shape index (κ2) is 8.93. The van der Waals surface area contributed by atoms with E-state index in [1.54, 1.807) is 6.07 Å². The van der Waals surface area contributed by atoms with Crippen LogP contribution in [0.4, 0.5) is 5.69 Å². The van der Waals surface area contributed by atoms with Gasteiger partial charge in [-0.25, -0.2) is 0 Å². The molecule has 2 aromatic carbocycles. The van der Waals surface area contributed by atoms with E-state index in [2.05, 4.69) is 44.3 Å². The fourth-order valence-corrected chi connectivity index (χ4v) is 4.63. The molecule has 0 atom stereocenters. The summed E-state index contributed by atoms with van der Waals surface area (Å²) >= 11 is 0. The van der Waals surface area contributed by atoms with E-state index in [0.717, 1.165) is 35.4 Å². The topological polar surface area (TPSA) is 91.4 Å². The molecule has 4 rings (SSSR count). The number of allylic oxidation sites excluding steroid dienone is 1. The molecule has 6 nitrogen and oxygen atoms in total. The zero-order valence-corrected chi connectivity index (χ0v) is 20.0. The van der Waals surface area contributed by atoms with Gasteiger partial charge >= 0.3 is 0 Å². The number of piperidine rings is 1. The molecule has 1 fully saturated rings. The van der Waals surface area contributed by atoms with Crippen LogP contribution in [-0.2, 0) is 0 Å². The van der Waals surface area contributed by atoms with Gasteiger partial charge in [-0.3, -0.25) is 4.79 Å². The van der Waals surface area contributed by atoms with Crippen molar-refractivity contribution in [2.45, 2.75) is 59.1 Å². The lowest BCUT2D eigenvalue weighted by Gasteiger charge is -2.46. The summed E-state index contributed by atoms with van der Waals surface area (Å²) in [6.45, 7) is 9.48. The van der Waals surface area contributed by atoms with Gasteiger partial charge in [0.15, 0.2) is 5.72 Å². The third-order valence-electron chi connectivity index (χ3n) is 6.87. The predicted molar refractivity (Wildman–Crippen MR) is 134 cm³/mol. The van der Waals surface area contributed by atoms with Crippen molar-refractivity contribution in [1.82, 2.24) is 10.2 Å². The van der Waals surface area contributed by atoms with Crippen LogP contribution in [0, 0.1) is 26.2 Å². The van der Waals surface area contributed by atoms with Crippen LogP contribution in [-0.4, -0.2) is 35.8 Å². The number of aryl methyl sites for hydroxylation is 3. The maximum absolute atomic E-state index is 13.2. The molecule has 1 amide bonds. The SMILES string of the molecule is CCC/C=C1\NC2(CCN(C(=O)c3cc(C)c(N)c(C=N)c3)CC2)Oc2cc(C)c(C)cc21. The summed E-state index contributed by atoms with van der Waals surface area (Å²) in [5.74, 6) is 0.893. The third kappa shape index (κ3) is 4.34. The number of fused-ring (bicyclic) bond motifs is 1. The monoisotopic (exact) mass is 446 g/mol. The fraction of sp³-hybridized carbons (Fsp3) is 0.407. The number of hydrogen-bond acceptors (Lipinski definition) is 5. The number of ether oxygens (including phenoxy) is 1. The molecule has 0 saturated carbocycles. The number of nitrogens with one attached hydrogen (secondary N) is 2. The number of rotatable bonds is 4. The van der Waals surface area contributed by atoms with Gasteiger partial charge in [-0.2, -0.15) is 0 Å². The van der Waals surface area contributed by atoms with Crippen LogP contribution in [0.2, 0.25) is 0 Å². The number of benzene rings is 2. The van der Waals surface area contributed by atoms with Gasteiger partial charge in [-0.05, 0) is 68.1 Å². The number of anilines is 1. The summed E-state index contributed by atoms with van der Waals surface area (Å²) < 4.78 is 6.58. The molecular weight excluding hydrogens is 412 g/mol. The summed E-state index contributed by atoms with van der Waals surface area (Å²) in [6, 6.07) is 7.87. The standard InChI is InChI=1S/C27H34N4O2/c1-5-6-7-23-22-13-17(2)18(3)14-24(22)33-27(30-23)8-10-31(11-9-27)26(32)20-12-19(4)25(29)21(15-20)16-28/h7,12-16,28,30H,5-6,8-11,29H2,1-4H3/b23-7-,28-16?. The number of likely N-dealkylation sites (tertiary alicyclic amines) is 1. The summed E-state index contributed by atoms with van der Waals surface area (Å²) in [4.78, 5) is 15.1. The van der Waals surface area contributed by atoms with Crippen molar-refractivity contribution >= 4 is 23.5 Å². The van der Waals surface area contributed by atoms with Gasteiger partial charge < -0.3 is 26.1 Å². The van der Waals surface area contributed by atoms with Crippen molar-refractivity contribution in [2.24, 2.45) is 0 Å². The highest BCUT2D eigenvalue weighted by atomic mass is 16.5. The molecule has 2 aliphatic rings. The van der Waals surface area contributed by atoms with Crippen LogP contribution in [0.25, 0.3) is 5.70 Å². The first-order valence-electron chi connectivity index (χ1n) is 11.8. The van der Waals surface area contributed by atoms with E-state index < -0.39 is 5.72 Å². The minimum Gasteiger partial charge on any atom is -0.467 e. The highest BCUT2D eigenvalue weighted by Crippen LogP contribution is 2.40. The molecule has 1 spiro atoms. The van der Waals surface area contributed by atoms with Crippen molar-refractivity contribution in [2.75, 3.05) is 18.8 Å². The Hall–Kier alpha value is -3.28. The van der Waals surface area contributed by atoms with E-state index in [-0.39, 0.29) is 5.91 Å². The molecule has 2 aliphatic heterocycles. The van der Waals surface area contributed by atoms with Crippen LogP contribution in [0.1, 0.15) is 70.8 Å². The van der Waals surface area contributed by atoms with E-state index in [1.807, 2.05) is 17.9 Å². The van der Waals surface area contributed by atoms with Gasteiger partial charge in [-0.15, -0.1) is 0 Å². The molecule has 2 aromatic rings. The van der Waals surface area contributed by atoms with Crippen LogP contribution in [0.3, 0.4) is 0 Å². The average molecular weight is 447 g/mol. The Kier molecular flexibility index (Phi) is 6.19. The molecule has 2 heterocycles. The molecule has 0 aromatic heterocycles. The molecule has 33 heavy (non-hydrogen) atoms. The van der Waals surface area contributed by atoms with Crippen LogP contribution in [0.5, 0.6) is 5.75 Å². The van der Waals surface area contributed by atoms with Gasteiger partial charge in [0.25, 0.3) is 5.91 Å². The molecule has 0 unspecified atom stereocenters. The van der Waals surface area contributed by atoms with E-state index in [9.17, 15) is 4.79 Å². The number of nitrogens with two attached hydrogens (primary N) is 1. The van der Waals surface area contributed by atoms with Gasteiger partial charge in [0.05, 0.1) is 0 Å². The zero-order chi connectivity index (χ0) is 23.8. The maximum Gasteiger partial charge on any atom is 0.253 e. The van der Waals surface area contributed by atoms with Crippen molar-refractivity contribution in [3.8, 4) is 5.75 Å². The van der Waals surface area contributed by atoms with Crippen LogP contribution in [0.15, 0.2) is 30.3 Å².